The summed E-state index contributed by atoms with van der Waals surface area (Å²) in [5.74, 6) is 0.0697. The number of hydrogen-bond donors (Lipinski definition) is 1. The number of benzene rings is 2. The topological polar surface area (TPSA) is 69.1 Å². The molecule has 0 aliphatic heterocycles. The number of halogens is 3. The Labute approximate surface area is 194 Å². The molecule has 178 valence electrons. The average molecular weight is 471 g/mol. The third kappa shape index (κ3) is 4.64. The fourth-order valence-corrected chi connectivity index (χ4v) is 3.88. The molecule has 0 amide bonds. The summed E-state index contributed by atoms with van der Waals surface area (Å²) in [7, 11) is 0. The number of aromatic amines is 1. The molecule has 34 heavy (non-hydrogen) atoms. The highest BCUT2D eigenvalue weighted by Crippen LogP contribution is 2.31. The van der Waals surface area contributed by atoms with E-state index in [0.29, 0.717) is 33.8 Å². The highest BCUT2D eigenvalue weighted by molar-refractivity contribution is 6.05. The maximum atomic E-state index is 13.3. The predicted molar refractivity (Wildman–Crippen MR) is 121 cm³/mol. The summed E-state index contributed by atoms with van der Waals surface area (Å²) in [6.07, 6.45) is -4.35. The summed E-state index contributed by atoms with van der Waals surface area (Å²) in [6, 6.07) is 13.4. The zero-order valence-corrected chi connectivity index (χ0v) is 19.0. The van der Waals surface area contributed by atoms with Crippen LogP contribution in [0.15, 0.2) is 48.5 Å². The number of hydrogen-bond acceptors (Lipinski definition) is 4. The normalized spacial score (nSPS) is 11.7. The summed E-state index contributed by atoms with van der Waals surface area (Å²) in [5, 5.41) is 4.48. The van der Waals surface area contributed by atoms with Crippen LogP contribution in [0.2, 0.25) is 0 Å². The van der Waals surface area contributed by atoms with Crippen LogP contribution >= 0.6 is 0 Å². The molecule has 2 aromatic heterocycles. The number of nitrogens with zero attached hydrogens (tertiary/aromatic N) is 2. The molecule has 4 aromatic rings. The Balaban J connectivity index is 1.58. The number of aryl methyl sites for hydroxylation is 2. The summed E-state index contributed by atoms with van der Waals surface area (Å²) in [5.41, 5.74) is 2.71. The van der Waals surface area contributed by atoms with Gasteiger partial charge in [-0.15, -0.1) is 0 Å². The van der Waals surface area contributed by atoms with Crippen LogP contribution in [0.4, 0.5) is 13.2 Å². The number of nitrogens with one attached hydrogen (secondary N) is 1. The molecule has 6 nitrogen and oxygen atoms in total. The van der Waals surface area contributed by atoms with Crippen molar-refractivity contribution in [2.75, 3.05) is 13.2 Å². The van der Waals surface area contributed by atoms with Gasteiger partial charge in [0.2, 0.25) is 0 Å². The molecule has 0 aliphatic carbocycles. The Bertz CT molecular complexity index is 1340. The molecule has 4 rings (SSSR count). The molecule has 0 saturated heterocycles. The maximum absolute atomic E-state index is 13.3. The van der Waals surface area contributed by atoms with Crippen LogP contribution < -0.4 is 4.74 Å². The number of carbonyl (C=O) groups is 1. The number of rotatable bonds is 7. The third-order valence-corrected chi connectivity index (χ3v) is 5.48. The minimum atomic E-state index is -4.55. The lowest BCUT2D eigenvalue weighted by molar-refractivity contribution is -0.141. The van der Waals surface area contributed by atoms with Gasteiger partial charge in [0.1, 0.15) is 5.75 Å². The van der Waals surface area contributed by atoms with Crippen molar-refractivity contribution >= 4 is 16.9 Å². The second-order valence-corrected chi connectivity index (χ2v) is 7.87. The van der Waals surface area contributed by atoms with Crippen LogP contribution in [-0.2, 0) is 17.3 Å². The first kappa shape index (κ1) is 23.4. The van der Waals surface area contributed by atoms with Gasteiger partial charge < -0.3 is 14.5 Å². The number of fused-ring (bicyclic) bond motifs is 1. The fraction of sp³-hybridized carbons (Fsp3) is 0.280. The van der Waals surface area contributed by atoms with E-state index in [0.717, 1.165) is 17.1 Å². The van der Waals surface area contributed by atoms with Crippen molar-refractivity contribution in [3.8, 4) is 11.4 Å². The molecule has 0 fully saturated rings. The highest BCUT2D eigenvalue weighted by atomic mass is 19.4. The summed E-state index contributed by atoms with van der Waals surface area (Å²) < 4.78 is 52.4. The molecule has 0 spiro atoms. The zero-order valence-electron chi connectivity index (χ0n) is 19.0. The first-order chi connectivity index (χ1) is 16.2. The van der Waals surface area contributed by atoms with Crippen molar-refractivity contribution in [3.05, 3.63) is 76.7 Å². The minimum Gasteiger partial charge on any atom is -0.493 e. The van der Waals surface area contributed by atoms with Crippen molar-refractivity contribution in [1.29, 1.82) is 0 Å². The standard InChI is InChI=1S/C25H24F3N3O3/c1-4-33-24(32)23-16(3)29-20-10-9-18(14-19(20)23)34-12-11-17-13-22(25(26,27)28)30-31(17)21-8-6-5-7-15(21)2/h5-10,13-14,29H,4,11-12H2,1-3H3. The summed E-state index contributed by atoms with van der Waals surface area (Å²) >= 11 is 0. The molecule has 9 heteroatoms. The maximum Gasteiger partial charge on any atom is 0.435 e. The Morgan fingerprint density at radius 3 is 2.59 bits per heavy atom. The van der Waals surface area contributed by atoms with E-state index >= 15 is 0 Å². The van der Waals surface area contributed by atoms with E-state index in [1.54, 1.807) is 44.2 Å². The largest absolute Gasteiger partial charge is 0.493 e. The Morgan fingerprint density at radius 2 is 1.88 bits per heavy atom. The molecule has 2 aromatic carbocycles. The first-order valence-corrected chi connectivity index (χ1v) is 10.8. The zero-order chi connectivity index (χ0) is 24.5. The van der Waals surface area contributed by atoms with Gasteiger partial charge in [-0.3, -0.25) is 0 Å². The van der Waals surface area contributed by atoms with Crippen molar-refractivity contribution < 1.29 is 27.4 Å². The molecule has 0 saturated carbocycles. The number of esters is 1. The van der Waals surface area contributed by atoms with Crippen LogP contribution in [0.25, 0.3) is 16.6 Å². The molecular weight excluding hydrogens is 447 g/mol. The quantitative estimate of drug-likeness (QED) is 0.347. The van der Waals surface area contributed by atoms with Gasteiger partial charge in [0.25, 0.3) is 0 Å². The molecule has 0 radical (unpaired) electrons. The van der Waals surface area contributed by atoms with Gasteiger partial charge >= 0.3 is 12.1 Å². The first-order valence-electron chi connectivity index (χ1n) is 10.8. The average Bonchev–Trinajstić information content (AvgIpc) is 3.34. The fourth-order valence-electron chi connectivity index (χ4n) is 3.88. The van der Waals surface area contributed by atoms with Gasteiger partial charge in [-0.05, 0) is 56.7 Å². The van der Waals surface area contributed by atoms with Crippen molar-refractivity contribution in [2.45, 2.75) is 33.4 Å². The van der Waals surface area contributed by atoms with Gasteiger partial charge in [0, 0.05) is 28.7 Å². The van der Waals surface area contributed by atoms with Crippen LogP contribution in [0.5, 0.6) is 5.75 Å². The molecule has 2 heterocycles. The number of ether oxygens (including phenoxy) is 2. The van der Waals surface area contributed by atoms with E-state index in [4.69, 9.17) is 9.47 Å². The number of alkyl halides is 3. The van der Waals surface area contributed by atoms with Gasteiger partial charge in [0.05, 0.1) is 24.5 Å². The number of para-hydroxylation sites is 1. The van der Waals surface area contributed by atoms with Gasteiger partial charge in [-0.25, -0.2) is 9.48 Å². The lowest BCUT2D eigenvalue weighted by Crippen LogP contribution is -2.10. The highest BCUT2D eigenvalue weighted by Gasteiger charge is 2.35. The summed E-state index contributed by atoms with van der Waals surface area (Å²) in [6.45, 7) is 5.73. The second-order valence-electron chi connectivity index (χ2n) is 7.87. The van der Waals surface area contributed by atoms with Crippen molar-refractivity contribution in [1.82, 2.24) is 14.8 Å². The lowest BCUT2D eigenvalue weighted by atomic mass is 10.1. The van der Waals surface area contributed by atoms with Crippen molar-refractivity contribution in [2.24, 2.45) is 0 Å². The second kappa shape index (κ2) is 9.24. The van der Waals surface area contributed by atoms with E-state index in [1.165, 1.54) is 4.68 Å². The monoisotopic (exact) mass is 471 g/mol. The van der Waals surface area contributed by atoms with Crippen LogP contribution in [0.3, 0.4) is 0 Å². The van der Waals surface area contributed by atoms with Crippen LogP contribution in [0, 0.1) is 13.8 Å². The van der Waals surface area contributed by atoms with Crippen molar-refractivity contribution in [3.63, 3.8) is 0 Å². The molecular formula is C25H24F3N3O3. The van der Waals surface area contributed by atoms with E-state index in [2.05, 4.69) is 10.1 Å². The van der Waals surface area contributed by atoms with Gasteiger partial charge in [-0.2, -0.15) is 18.3 Å². The number of H-pyrrole nitrogens is 1. The molecule has 0 unspecified atom stereocenters. The molecule has 0 bridgehead atoms. The number of carbonyl (C=O) groups excluding carboxylic acids is 1. The SMILES string of the molecule is CCOC(=O)c1c(C)[nH]c2ccc(OCCc3cc(C(F)(F)F)nn3-c3ccccc3C)cc12. The molecule has 1 N–H and O–H groups in total. The Morgan fingerprint density at radius 1 is 1.12 bits per heavy atom. The number of aromatic nitrogens is 3. The van der Waals surface area contributed by atoms with E-state index in [1.807, 2.05) is 19.1 Å². The molecule has 0 aliphatic rings. The van der Waals surface area contributed by atoms with E-state index in [9.17, 15) is 18.0 Å². The minimum absolute atomic E-state index is 0.124. The Hall–Kier alpha value is -3.75. The smallest absolute Gasteiger partial charge is 0.435 e. The summed E-state index contributed by atoms with van der Waals surface area (Å²) in [4.78, 5) is 15.5. The van der Waals surface area contributed by atoms with Crippen LogP contribution in [-0.4, -0.2) is 33.9 Å². The van der Waals surface area contributed by atoms with E-state index in [-0.39, 0.29) is 19.6 Å². The van der Waals surface area contributed by atoms with Gasteiger partial charge in [0.15, 0.2) is 5.69 Å². The van der Waals surface area contributed by atoms with Crippen LogP contribution in [0.1, 0.15) is 39.9 Å². The van der Waals surface area contributed by atoms with E-state index < -0.39 is 17.8 Å². The predicted octanol–water partition coefficient (Wildman–Crippen LogP) is 5.79. The third-order valence-electron chi connectivity index (χ3n) is 5.48. The Kier molecular flexibility index (Phi) is 6.37. The molecule has 0 atom stereocenters. The lowest BCUT2D eigenvalue weighted by Gasteiger charge is -2.11. The van der Waals surface area contributed by atoms with Gasteiger partial charge in [-0.1, -0.05) is 18.2 Å².